The normalized spacial score (nSPS) is 16.6. The molecule has 1 aliphatic rings. The predicted octanol–water partition coefficient (Wildman–Crippen LogP) is 5.51. The summed E-state index contributed by atoms with van der Waals surface area (Å²) in [6, 6.07) is 0. The number of allylic oxidation sites excluding steroid dienone is 11. The Bertz CT molecular complexity index is 583. The van der Waals surface area contributed by atoms with Crippen molar-refractivity contribution < 1.29 is 0 Å². The Hall–Kier alpha value is -2.11. The van der Waals surface area contributed by atoms with Gasteiger partial charge in [0.25, 0.3) is 0 Å². The van der Waals surface area contributed by atoms with Crippen molar-refractivity contribution in [3.8, 4) is 0 Å². The molecule has 0 spiro atoms. The van der Waals surface area contributed by atoms with Crippen molar-refractivity contribution in [3.05, 3.63) is 77.1 Å². The summed E-state index contributed by atoms with van der Waals surface area (Å²) in [6.07, 6.45) is 20.3. The zero-order valence-electron chi connectivity index (χ0n) is 13.6. The van der Waals surface area contributed by atoms with Crippen LogP contribution in [-0.2, 0) is 0 Å². The van der Waals surface area contributed by atoms with Crippen molar-refractivity contribution in [2.75, 3.05) is 7.05 Å². The lowest BCUT2D eigenvalue weighted by Gasteiger charge is -2.14. The number of hydrogen-bond acceptors (Lipinski definition) is 1. The molecule has 0 saturated heterocycles. The molecule has 1 rings (SSSR count). The monoisotopic (exact) mass is 279 g/mol. The van der Waals surface area contributed by atoms with Crippen LogP contribution in [0.15, 0.2) is 82.1 Å². The molecule has 0 radical (unpaired) electrons. The zero-order chi connectivity index (χ0) is 15.5. The van der Waals surface area contributed by atoms with Crippen LogP contribution in [-0.4, -0.2) is 12.8 Å². The summed E-state index contributed by atoms with van der Waals surface area (Å²) in [5, 5.41) is 0. The van der Waals surface area contributed by atoms with Gasteiger partial charge in [-0.3, -0.25) is 4.99 Å². The van der Waals surface area contributed by atoms with Gasteiger partial charge in [-0.15, -0.1) is 5.73 Å². The largest absolute Gasteiger partial charge is 0.292 e. The Labute approximate surface area is 129 Å². The minimum absolute atomic E-state index is 0.839. The average molecular weight is 279 g/mol. The second-order valence-electron chi connectivity index (χ2n) is 4.82. The van der Waals surface area contributed by atoms with Gasteiger partial charge in [0.15, 0.2) is 0 Å². The molecule has 1 heteroatoms. The molecule has 0 unspecified atom stereocenters. The van der Waals surface area contributed by atoms with E-state index in [0.29, 0.717) is 0 Å². The van der Waals surface area contributed by atoms with Gasteiger partial charge < -0.3 is 0 Å². The molecule has 0 aliphatic heterocycles. The Kier molecular flexibility index (Phi) is 7.86. The van der Waals surface area contributed by atoms with Crippen molar-refractivity contribution in [2.45, 2.75) is 33.6 Å². The van der Waals surface area contributed by atoms with Crippen LogP contribution in [0, 0.1) is 0 Å². The summed E-state index contributed by atoms with van der Waals surface area (Å²) in [5.41, 5.74) is 8.09. The van der Waals surface area contributed by atoms with Crippen LogP contribution in [0.5, 0.6) is 0 Å². The molecule has 0 bridgehead atoms. The fourth-order valence-corrected chi connectivity index (χ4v) is 2.12. The van der Waals surface area contributed by atoms with E-state index in [9.17, 15) is 0 Å². The summed E-state index contributed by atoms with van der Waals surface area (Å²) in [6.45, 7) is 6.39. The van der Waals surface area contributed by atoms with Crippen molar-refractivity contribution in [1.29, 1.82) is 0 Å². The second kappa shape index (κ2) is 9.74. The van der Waals surface area contributed by atoms with Crippen LogP contribution >= 0.6 is 0 Å². The third-order valence-electron chi connectivity index (χ3n) is 3.37. The Balaban J connectivity index is 3.17. The molecule has 0 amide bonds. The molecule has 0 aromatic rings. The lowest BCUT2D eigenvalue weighted by Crippen LogP contribution is -2.07. The van der Waals surface area contributed by atoms with Crippen molar-refractivity contribution >= 4 is 5.71 Å². The maximum absolute atomic E-state index is 4.52. The van der Waals surface area contributed by atoms with Gasteiger partial charge in [0.1, 0.15) is 0 Å². The summed E-state index contributed by atoms with van der Waals surface area (Å²) in [5.74, 6) is 0. The maximum Gasteiger partial charge on any atom is 0.0460 e. The van der Waals surface area contributed by atoms with Gasteiger partial charge in [0.2, 0.25) is 0 Å². The van der Waals surface area contributed by atoms with E-state index in [4.69, 9.17) is 0 Å². The van der Waals surface area contributed by atoms with Gasteiger partial charge in [-0.25, -0.2) is 0 Å². The highest BCUT2D eigenvalue weighted by Crippen LogP contribution is 2.23. The quantitative estimate of drug-likeness (QED) is 0.345. The molecule has 0 aromatic heterocycles. The van der Waals surface area contributed by atoms with Crippen molar-refractivity contribution in [2.24, 2.45) is 4.99 Å². The molecule has 0 fully saturated rings. The third-order valence-corrected chi connectivity index (χ3v) is 3.37. The minimum Gasteiger partial charge on any atom is -0.292 e. The first-order valence-corrected chi connectivity index (χ1v) is 7.48. The SMILES string of the molecule is C/C=C\C=C/CC(=NC)/C(C1=CC=CC=C=C1)=C(\C)CC. The first kappa shape index (κ1) is 16.9. The summed E-state index contributed by atoms with van der Waals surface area (Å²) >= 11 is 0. The zero-order valence-corrected chi connectivity index (χ0v) is 13.6. The molecule has 1 nitrogen and oxygen atoms in total. The minimum atomic E-state index is 0.839. The Morgan fingerprint density at radius 1 is 1.29 bits per heavy atom. The highest BCUT2D eigenvalue weighted by molar-refractivity contribution is 6.06. The van der Waals surface area contributed by atoms with E-state index < -0.39 is 0 Å². The van der Waals surface area contributed by atoms with Gasteiger partial charge in [0, 0.05) is 24.8 Å². The van der Waals surface area contributed by atoms with E-state index in [1.807, 2.05) is 44.4 Å². The summed E-state index contributed by atoms with van der Waals surface area (Å²) in [7, 11) is 1.87. The first-order chi connectivity index (χ1) is 10.2. The highest BCUT2D eigenvalue weighted by atomic mass is 14.7. The molecule has 0 atom stereocenters. The van der Waals surface area contributed by atoms with Gasteiger partial charge in [0.05, 0.1) is 0 Å². The first-order valence-electron chi connectivity index (χ1n) is 7.48. The molecular weight excluding hydrogens is 254 g/mol. The van der Waals surface area contributed by atoms with Crippen molar-refractivity contribution in [1.82, 2.24) is 0 Å². The summed E-state index contributed by atoms with van der Waals surface area (Å²) < 4.78 is 0. The van der Waals surface area contributed by atoms with E-state index in [2.05, 4.69) is 48.9 Å². The van der Waals surface area contributed by atoms with Gasteiger partial charge in [-0.2, -0.15) is 0 Å². The number of nitrogens with zero attached hydrogens (tertiary/aromatic N) is 1. The lowest BCUT2D eigenvalue weighted by atomic mass is 9.92. The second-order valence-corrected chi connectivity index (χ2v) is 4.82. The van der Waals surface area contributed by atoms with E-state index in [-0.39, 0.29) is 0 Å². The van der Waals surface area contributed by atoms with E-state index in [1.54, 1.807) is 0 Å². The van der Waals surface area contributed by atoms with E-state index in [1.165, 1.54) is 16.7 Å². The smallest absolute Gasteiger partial charge is 0.0460 e. The average Bonchev–Trinajstić information content (AvgIpc) is 2.78. The van der Waals surface area contributed by atoms with Crippen LogP contribution in [0.3, 0.4) is 0 Å². The Morgan fingerprint density at radius 3 is 2.76 bits per heavy atom. The third kappa shape index (κ3) is 5.41. The lowest BCUT2D eigenvalue weighted by molar-refractivity contribution is 1.08. The molecular formula is C20H25N. The van der Waals surface area contributed by atoms with Gasteiger partial charge in [-0.1, -0.05) is 55.0 Å². The summed E-state index contributed by atoms with van der Waals surface area (Å²) in [4.78, 5) is 4.52. The van der Waals surface area contributed by atoms with E-state index in [0.717, 1.165) is 18.6 Å². The van der Waals surface area contributed by atoms with E-state index >= 15 is 0 Å². The fraction of sp³-hybridized carbons (Fsp3) is 0.300. The number of aliphatic imine (C=N–C) groups is 1. The highest BCUT2D eigenvalue weighted by Gasteiger charge is 2.12. The van der Waals surface area contributed by atoms with Crippen LogP contribution in [0.25, 0.3) is 0 Å². The molecule has 0 heterocycles. The van der Waals surface area contributed by atoms with Crippen LogP contribution in [0.1, 0.15) is 33.6 Å². The standard InChI is InChI=1S/C20H25N/c1-5-7-8-13-16-19(21-4)20(17(3)6-2)18-14-11-9-10-12-15-18/h5,7-11,13-15H,6,16H2,1-4H3/b7-5-,13-8-,20-17+,21-19?. The molecule has 0 N–H and O–H groups in total. The van der Waals surface area contributed by atoms with Crippen molar-refractivity contribution in [3.63, 3.8) is 0 Å². The predicted molar refractivity (Wildman–Crippen MR) is 94.8 cm³/mol. The fourth-order valence-electron chi connectivity index (χ4n) is 2.12. The Morgan fingerprint density at radius 2 is 2.10 bits per heavy atom. The van der Waals surface area contributed by atoms with Crippen LogP contribution in [0.2, 0.25) is 0 Å². The molecule has 0 saturated carbocycles. The molecule has 1 aliphatic carbocycles. The molecule has 21 heavy (non-hydrogen) atoms. The molecule has 0 aromatic carbocycles. The maximum atomic E-state index is 4.52. The van der Waals surface area contributed by atoms with Crippen LogP contribution in [0.4, 0.5) is 0 Å². The number of hydrogen-bond donors (Lipinski definition) is 0. The number of rotatable bonds is 6. The topological polar surface area (TPSA) is 12.4 Å². The van der Waals surface area contributed by atoms with Gasteiger partial charge in [-0.05, 0) is 38.0 Å². The molecule has 110 valence electrons. The van der Waals surface area contributed by atoms with Gasteiger partial charge >= 0.3 is 0 Å². The van der Waals surface area contributed by atoms with Crippen LogP contribution < -0.4 is 0 Å².